The number of thiophene rings is 1. The van der Waals surface area contributed by atoms with Crippen LogP contribution in [0.4, 0.5) is 10.5 Å². The monoisotopic (exact) mass is 642 g/mol. The average Bonchev–Trinajstić information content (AvgIpc) is 3.81. The van der Waals surface area contributed by atoms with E-state index in [0.29, 0.717) is 54.7 Å². The third kappa shape index (κ3) is 6.00. The predicted molar refractivity (Wildman–Crippen MR) is 176 cm³/mol. The van der Waals surface area contributed by atoms with Crippen molar-refractivity contribution in [2.45, 2.75) is 31.8 Å². The molecular formula is C35H38N4O6S. The van der Waals surface area contributed by atoms with Crippen molar-refractivity contribution >= 4 is 34.7 Å². The number of likely N-dealkylation sites (tertiary alicyclic amines) is 1. The average molecular weight is 643 g/mol. The normalized spacial score (nSPS) is 21.2. The van der Waals surface area contributed by atoms with Crippen molar-refractivity contribution in [3.05, 3.63) is 99.6 Å². The number of furan rings is 1. The number of urea groups is 1. The molecule has 0 spiro atoms. The van der Waals surface area contributed by atoms with Crippen LogP contribution in [0.1, 0.15) is 44.3 Å². The number of carbonyl (C=O) groups is 3. The molecule has 0 aliphatic carbocycles. The molecule has 2 fully saturated rings. The maximum atomic E-state index is 14.8. The first-order chi connectivity index (χ1) is 22.3. The molecule has 4 unspecified atom stereocenters. The van der Waals surface area contributed by atoms with Crippen molar-refractivity contribution in [2.75, 3.05) is 45.7 Å². The van der Waals surface area contributed by atoms with Gasteiger partial charge in [0.15, 0.2) is 5.76 Å². The number of methoxy groups -OCH3 is 2. The Labute approximate surface area is 272 Å². The standard InChI is InChI=1S/C35H38N4O6S/c1-21-15-20-46-33(21)29-28(32(40)27-14-5-22(2)45-27)30(23-6-10-25(43-3)11-7-23)39(31(29)34(41)38-18-16-36-17-19-38)35(42)37-24-8-12-26(44-4)13-9-24/h5-15,20,28-31,36H,16-19H2,1-4H3,(H,37,42). The summed E-state index contributed by atoms with van der Waals surface area (Å²) in [7, 11) is 3.16. The summed E-state index contributed by atoms with van der Waals surface area (Å²) < 4.78 is 16.6. The highest BCUT2D eigenvalue weighted by atomic mass is 32.1. The van der Waals surface area contributed by atoms with Crippen LogP contribution in [0.15, 0.2) is 76.5 Å². The minimum absolute atomic E-state index is 0.186. The molecule has 3 amide bonds. The number of anilines is 1. The molecule has 0 radical (unpaired) electrons. The number of Topliss-reactive ketones (excluding diaryl/α,β-unsaturated/α-hetero) is 1. The van der Waals surface area contributed by atoms with Gasteiger partial charge in [-0.05, 0) is 85.0 Å². The maximum absolute atomic E-state index is 14.8. The quantitative estimate of drug-likeness (QED) is 0.239. The van der Waals surface area contributed by atoms with E-state index in [0.717, 1.165) is 10.4 Å². The number of hydrogen-bond donors (Lipinski definition) is 2. The summed E-state index contributed by atoms with van der Waals surface area (Å²) in [6.45, 7) is 6.08. The third-order valence-corrected chi connectivity index (χ3v) is 9.99. The molecular weight excluding hydrogens is 604 g/mol. The molecule has 6 rings (SSSR count). The summed E-state index contributed by atoms with van der Waals surface area (Å²) in [4.78, 5) is 48.4. The van der Waals surface area contributed by atoms with Gasteiger partial charge in [0.25, 0.3) is 0 Å². The summed E-state index contributed by atoms with van der Waals surface area (Å²) in [5.41, 5.74) is 2.21. The molecule has 4 aromatic rings. The molecule has 4 atom stereocenters. The van der Waals surface area contributed by atoms with Crippen molar-refractivity contribution in [2.24, 2.45) is 5.92 Å². The number of aryl methyl sites for hydroxylation is 2. The zero-order valence-electron chi connectivity index (χ0n) is 26.3. The van der Waals surface area contributed by atoms with Crippen LogP contribution in [0, 0.1) is 19.8 Å². The lowest BCUT2D eigenvalue weighted by Crippen LogP contribution is -2.55. The molecule has 2 aromatic heterocycles. The first-order valence-electron chi connectivity index (χ1n) is 15.3. The Morgan fingerprint density at radius 1 is 0.891 bits per heavy atom. The van der Waals surface area contributed by atoms with Crippen LogP contribution in [0.5, 0.6) is 11.5 Å². The number of ketones is 1. The molecule has 4 heterocycles. The van der Waals surface area contributed by atoms with Gasteiger partial charge in [-0.2, -0.15) is 0 Å². The van der Waals surface area contributed by atoms with E-state index in [1.165, 1.54) is 11.3 Å². The van der Waals surface area contributed by atoms with E-state index in [-0.39, 0.29) is 17.5 Å². The van der Waals surface area contributed by atoms with Crippen LogP contribution >= 0.6 is 11.3 Å². The highest BCUT2D eigenvalue weighted by Gasteiger charge is 2.59. The first kappa shape index (κ1) is 31.4. The van der Waals surface area contributed by atoms with Gasteiger partial charge in [0.2, 0.25) is 11.7 Å². The Balaban J connectivity index is 1.55. The molecule has 240 valence electrons. The molecule has 2 aliphatic rings. The number of nitrogens with zero attached hydrogens (tertiary/aromatic N) is 2. The fourth-order valence-electron chi connectivity index (χ4n) is 6.61. The van der Waals surface area contributed by atoms with Crippen molar-refractivity contribution in [3.8, 4) is 11.5 Å². The Bertz CT molecular complexity index is 1690. The van der Waals surface area contributed by atoms with Crippen molar-refractivity contribution in [1.82, 2.24) is 15.1 Å². The highest BCUT2D eigenvalue weighted by Crippen LogP contribution is 2.53. The molecule has 2 aromatic carbocycles. The van der Waals surface area contributed by atoms with Gasteiger partial charge in [0.05, 0.1) is 26.2 Å². The van der Waals surface area contributed by atoms with Crippen LogP contribution in [-0.4, -0.2) is 74.0 Å². The molecule has 10 nitrogen and oxygen atoms in total. The second-order valence-corrected chi connectivity index (χ2v) is 12.5. The number of hydrogen-bond acceptors (Lipinski definition) is 8. The van der Waals surface area contributed by atoms with Gasteiger partial charge in [0.1, 0.15) is 23.3 Å². The Morgan fingerprint density at radius 2 is 1.54 bits per heavy atom. The number of ether oxygens (including phenoxy) is 2. The summed E-state index contributed by atoms with van der Waals surface area (Å²) >= 11 is 1.50. The molecule has 46 heavy (non-hydrogen) atoms. The lowest BCUT2D eigenvalue weighted by molar-refractivity contribution is -0.136. The number of amides is 3. The second kappa shape index (κ2) is 13.4. The van der Waals surface area contributed by atoms with Gasteiger partial charge in [0, 0.05) is 42.7 Å². The van der Waals surface area contributed by atoms with Gasteiger partial charge in [-0.1, -0.05) is 12.1 Å². The van der Waals surface area contributed by atoms with Crippen LogP contribution in [0.3, 0.4) is 0 Å². The second-order valence-electron chi connectivity index (χ2n) is 11.6. The maximum Gasteiger partial charge on any atom is 0.323 e. The lowest BCUT2D eigenvalue weighted by atomic mass is 9.79. The van der Waals surface area contributed by atoms with E-state index in [1.807, 2.05) is 42.6 Å². The number of benzene rings is 2. The molecule has 2 saturated heterocycles. The van der Waals surface area contributed by atoms with Gasteiger partial charge in [-0.15, -0.1) is 11.3 Å². The fraction of sp³-hybridized carbons (Fsp3) is 0.343. The summed E-state index contributed by atoms with van der Waals surface area (Å²) in [6, 6.07) is 17.5. The Kier molecular flexibility index (Phi) is 9.14. The van der Waals surface area contributed by atoms with Crippen LogP contribution < -0.4 is 20.1 Å². The third-order valence-electron chi connectivity index (χ3n) is 8.87. The zero-order chi connectivity index (χ0) is 32.4. The van der Waals surface area contributed by atoms with E-state index in [9.17, 15) is 14.4 Å². The van der Waals surface area contributed by atoms with Crippen molar-refractivity contribution in [1.29, 1.82) is 0 Å². The van der Waals surface area contributed by atoms with Crippen LogP contribution in [-0.2, 0) is 4.79 Å². The SMILES string of the molecule is COc1ccc(NC(=O)N2C(C(=O)N3CCNCC3)C(c3sccc3C)C(C(=O)c3ccc(C)o3)C2c2ccc(OC)cc2)cc1. The topological polar surface area (TPSA) is 113 Å². The minimum atomic E-state index is -0.967. The Hall–Kier alpha value is -4.61. The molecule has 0 bridgehead atoms. The molecule has 2 N–H and O–H groups in total. The van der Waals surface area contributed by atoms with Crippen molar-refractivity contribution < 1.29 is 28.3 Å². The predicted octanol–water partition coefficient (Wildman–Crippen LogP) is 5.65. The van der Waals surface area contributed by atoms with E-state index in [4.69, 9.17) is 13.9 Å². The summed E-state index contributed by atoms with van der Waals surface area (Å²) in [6.07, 6.45) is 0. The van der Waals surface area contributed by atoms with E-state index in [1.54, 1.807) is 67.3 Å². The number of nitrogens with one attached hydrogen (secondary N) is 2. The van der Waals surface area contributed by atoms with Gasteiger partial charge in [-0.25, -0.2) is 4.79 Å². The molecule has 0 saturated carbocycles. The lowest BCUT2D eigenvalue weighted by Gasteiger charge is -2.36. The van der Waals surface area contributed by atoms with E-state index in [2.05, 4.69) is 10.6 Å². The molecule has 11 heteroatoms. The zero-order valence-corrected chi connectivity index (χ0v) is 27.1. The Morgan fingerprint density at radius 3 is 2.11 bits per heavy atom. The number of piperazine rings is 1. The number of carbonyl (C=O) groups excluding carboxylic acids is 3. The minimum Gasteiger partial charge on any atom is -0.497 e. The smallest absolute Gasteiger partial charge is 0.323 e. The van der Waals surface area contributed by atoms with Gasteiger partial charge >= 0.3 is 6.03 Å². The first-order valence-corrected chi connectivity index (χ1v) is 16.2. The van der Waals surface area contributed by atoms with E-state index >= 15 is 0 Å². The summed E-state index contributed by atoms with van der Waals surface area (Å²) in [5, 5.41) is 8.30. The van der Waals surface area contributed by atoms with Gasteiger partial charge in [-0.3, -0.25) is 9.59 Å². The van der Waals surface area contributed by atoms with E-state index < -0.39 is 30.0 Å². The summed E-state index contributed by atoms with van der Waals surface area (Å²) in [5.74, 6) is 0.191. The van der Waals surface area contributed by atoms with Crippen molar-refractivity contribution in [3.63, 3.8) is 0 Å². The molecule has 2 aliphatic heterocycles. The fourth-order valence-corrected chi connectivity index (χ4v) is 7.72. The highest BCUT2D eigenvalue weighted by molar-refractivity contribution is 7.10. The van der Waals surface area contributed by atoms with Gasteiger partial charge < -0.3 is 34.3 Å². The van der Waals surface area contributed by atoms with Crippen LogP contribution in [0.25, 0.3) is 0 Å². The number of rotatable bonds is 8. The largest absolute Gasteiger partial charge is 0.497 e. The van der Waals surface area contributed by atoms with Crippen LogP contribution in [0.2, 0.25) is 0 Å².